The van der Waals surface area contributed by atoms with Crippen LogP contribution in [-0.2, 0) is 19.8 Å². The number of amides is 1. The van der Waals surface area contributed by atoms with Crippen LogP contribution in [-0.4, -0.2) is 34.1 Å². The first-order chi connectivity index (χ1) is 13.7. The van der Waals surface area contributed by atoms with Gasteiger partial charge in [0.2, 0.25) is 0 Å². The van der Waals surface area contributed by atoms with E-state index in [2.05, 4.69) is 22.1 Å². The minimum Gasteiger partial charge on any atom is -0.506 e. The van der Waals surface area contributed by atoms with Gasteiger partial charge in [0.1, 0.15) is 17.1 Å². The maximum atomic E-state index is 13.0. The molecule has 1 heterocycles. The molecule has 2 aromatic rings. The molecular weight excluding hydrogens is 368 g/mol. The van der Waals surface area contributed by atoms with E-state index in [9.17, 15) is 19.5 Å². The number of fused-ring (bicyclic) bond motifs is 1. The van der Waals surface area contributed by atoms with Gasteiger partial charge >= 0.3 is 0 Å². The summed E-state index contributed by atoms with van der Waals surface area (Å²) in [6.45, 7) is 4.50. The highest BCUT2D eigenvalue weighted by atomic mass is 16.3. The van der Waals surface area contributed by atoms with Gasteiger partial charge in [0.05, 0.1) is 12.0 Å². The summed E-state index contributed by atoms with van der Waals surface area (Å²) in [6.07, 6.45) is 3.32. The fourth-order valence-corrected chi connectivity index (χ4v) is 3.11. The fourth-order valence-electron chi connectivity index (χ4n) is 3.11. The van der Waals surface area contributed by atoms with Crippen LogP contribution in [0.2, 0.25) is 0 Å². The van der Waals surface area contributed by atoms with Crippen molar-refractivity contribution in [2.75, 3.05) is 6.54 Å². The van der Waals surface area contributed by atoms with Gasteiger partial charge in [0.15, 0.2) is 5.78 Å². The van der Waals surface area contributed by atoms with Crippen LogP contribution >= 0.6 is 0 Å². The zero-order valence-electron chi connectivity index (χ0n) is 16.4. The predicted octanol–water partition coefficient (Wildman–Crippen LogP) is 2.32. The number of Topliss-reactive ketones (excluding diaryl/α,β-unsaturated/α-hetero) is 2. The van der Waals surface area contributed by atoms with Crippen molar-refractivity contribution in [3.8, 4) is 11.8 Å². The van der Waals surface area contributed by atoms with Crippen molar-refractivity contribution in [2.24, 2.45) is 0 Å². The lowest BCUT2D eigenvalue weighted by atomic mass is 9.70. The summed E-state index contributed by atoms with van der Waals surface area (Å²) in [7, 11) is 0. The number of pyridine rings is 1. The molecule has 0 radical (unpaired) electrons. The molecule has 0 unspecified atom stereocenters. The standard InChI is InChI=1S/C23H20N2O4/c1-14(26)12-25-22(29)19-20(27)17-9-8-15(6-7-16-5-4-10-24-13-16)11-18(17)23(2,3)21(19)28/h4-5,8-11,13,27H,12H2,1-3H3,(H,25,29). The van der Waals surface area contributed by atoms with Crippen LogP contribution in [0.1, 0.15) is 43.0 Å². The van der Waals surface area contributed by atoms with Crippen molar-refractivity contribution in [2.45, 2.75) is 26.2 Å². The summed E-state index contributed by atoms with van der Waals surface area (Å²) in [6, 6.07) is 8.74. The largest absolute Gasteiger partial charge is 0.506 e. The molecule has 1 aromatic heterocycles. The molecule has 1 amide bonds. The Labute approximate surface area is 168 Å². The Morgan fingerprint density at radius 1 is 1.17 bits per heavy atom. The van der Waals surface area contributed by atoms with E-state index in [0.29, 0.717) is 16.7 Å². The third-order valence-electron chi connectivity index (χ3n) is 4.72. The number of aliphatic hydroxyl groups excluding tert-OH is 1. The molecule has 0 bridgehead atoms. The smallest absolute Gasteiger partial charge is 0.259 e. The molecule has 2 N–H and O–H groups in total. The molecule has 1 aromatic carbocycles. The predicted molar refractivity (Wildman–Crippen MR) is 108 cm³/mol. The van der Waals surface area contributed by atoms with Crippen LogP contribution in [0.4, 0.5) is 0 Å². The maximum absolute atomic E-state index is 13.0. The van der Waals surface area contributed by atoms with E-state index in [1.165, 1.54) is 6.92 Å². The number of aromatic nitrogens is 1. The van der Waals surface area contributed by atoms with Crippen molar-refractivity contribution in [1.29, 1.82) is 0 Å². The highest BCUT2D eigenvalue weighted by molar-refractivity contribution is 6.28. The molecule has 1 aliphatic carbocycles. The molecule has 0 atom stereocenters. The van der Waals surface area contributed by atoms with Gasteiger partial charge in [-0.2, -0.15) is 0 Å². The van der Waals surface area contributed by atoms with Crippen LogP contribution in [0.3, 0.4) is 0 Å². The molecule has 0 saturated heterocycles. The van der Waals surface area contributed by atoms with E-state index in [1.807, 2.05) is 6.07 Å². The topological polar surface area (TPSA) is 96.4 Å². The van der Waals surface area contributed by atoms with E-state index in [0.717, 1.165) is 5.56 Å². The number of benzene rings is 1. The zero-order chi connectivity index (χ0) is 21.2. The summed E-state index contributed by atoms with van der Waals surface area (Å²) in [5.74, 6) is 4.11. The maximum Gasteiger partial charge on any atom is 0.259 e. The summed E-state index contributed by atoms with van der Waals surface area (Å²) in [4.78, 5) is 40.5. The molecule has 146 valence electrons. The normalized spacial score (nSPS) is 14.5. The van der Waals surface area contributed by atoms with Crippen LogP contribution < -0.4 is 5.32 Å². The van der Waals surface area contributed by atoms with Crippen LogP contribution in [0.5, 0.6) is 0 Å². The molecule has 0 aliphatic heterocycles. The lowest BCUT2D eigenvalue weighted by Crippen LogP contribution is -2.42. The molecule has 0 fully saturated rings. The monoisotopic (exact) mass is 388 g/mol. The van der Waals surface area contributed by atoms with E-state index in [4.69, 9.17) is 0 Å². The number of aliphatic hydroxyl groups is 1. The molecule has 0 spiro atoms. The van der Waals surface area contributed by atoms with Gasteiger partial charge in [-0.1, -0.05) is 11.8 Å². The highest BCUT2D eigenvalue weighted by Crippen LogP contribution is 2.39. The molecule has 0 saturated carbocycles. The van der Waals surface area contributed by atoms with Crippen LogP contribution in [0.25, 0.3) is 5.76 Å². The van der Waals surface area contributed by atoms with Crippen molar-refractivity contribution in [3.05, 3.63) is 70.6 Å². The average Bonchev–Trinajstić information content (AvgIpc) is 2.70. The molecular formula is C23H20N2O4. The van der Waals surface area contributed by atoms with Gasteiger partial charge in [-0.3, -0.25) is 19.4 Å². The first kappa shape index (κ1) is 20.0. The summed E-state index contributed by atoms with van der Waals surface area (Å²) >= 11 is 0. The molecule has 6 heteroatoms. The Kier molecular flexibility index (Phi) is 5.33. The lowest BCUT2D eigenvalue weighted by molar-refractivity contribution is -0.126. The highest BCUT2D eigenvalue weighted by Gasteiger charge is 2.43. The summed E-state index contributed by atoms with van der Waals surface area (Å²) < 4.78 is 0. The third-order valence-corrected chi connectivity index (χ3v) is 4.72. The minimum atomic E-state index is -1.05. The first-order valence-corrected chi connectivity index (χ1v) is 9.04. The summed E-state index contributed by atoms with van der Waals surface area (Å²) in [5.41, 5.74) is 1.03. The number of nitrogens with one attached hydrogen (secondary N) is 1. The Hall–Kier alpha value is -3.72. The van der Waals surface area contributed by atoms with Crippen molar-refractivity contribution < 1.29 is 19.5 Å². The van der Waals surface area contributed by atoms with Crippen LogP contribution in [0.15, 0.2) is 48.3 Å². The fraction of sp³-hybridized carbons (Fsp3) is 0.217. The molecule has 29 heavy (non-hydrogen) atoms. The van der Waals surface area contributed by atoms with Gasteiger partial charge in [-0.25, -0.2) is 0 Å². The van der Waals surface area contributed by atoms with E-state index >= 15 is 0 Å². The second kappa shape index (κ2) is 7.72. The van der Waals surface area contributed by atoms with Gasteiger partial charge in [-0.05, 0) is 56.7 Å². The molecule has 1 aliphatic rings. The van der Waals surface area contributed by atoms with E-state index in [-0.39, 0.29) is 17.9 Å². The van der Waals surface area contributed by atoms with Gasteiger partial charge < -0.3 is 10.4 Å². The number of carbonyl (C=O) groups excluding carboxylic acids is 3. The second-order valence-corrected chi connectivity index (χ2v) is 7.31. The van der Waals surface area contributed by atoms with Gasteiger partial charge in [0.25, 0.3) is 5.91 Å². The Morgan fingerprint density at radius 2 is 1.90 bits per heavy atom. The minimum absolute atomic E-state index is 0.209. The number of carbonyl (C=O) groups is 3. The van der Waals surface area contributed by atoms with Crippen molar-refractivity contribution >= 4 is 23.2 Å². The van der Waals surface area contributed by atoms with Gasteiger partial charge in [-0.15, -0.1) is 0 Å². The summed E-state index contributed by atoms with van der Waals surface area (Å²) in [5, 5.41) is 13.0. The third kappa shape index (κ3) is 3.94. The van der Waals surface area contributed by atoms with Crippen LogP contribution in [0, 0.1) is 11.8 Å². The Bertz CT molecular complexity index is 1100. The van der Waals surface area contributed by atoms with Crippen molar-refractivity contribution in [3.63, 3.8) is 0 Å². The number of hydrogen-bond donors (Lipinski definition) is 2. The van der Waals surface area contributed by atoms with Crippen molar-refractivity contribution in [1.82, 2.24) is 10.3 Å². The first-order valence-electron chi connectivity index (χ1n) is 9.04. The van der Waals surface area contributed by atoms with E-state index < -0.39 is 22.9 Å². The SMILES string of the molecule is CC(=O)CNC(=O)C1=C(O)c2ccc(C#Cc3cccnc3)cc2C(C)(C)C1=O. The quantitative estimate of drug-likeness (QED) is 0.621. The number of ketones is 2. The number of nitrogens with zero attached hydrogens (tertiary/aromatic N) is 1. The lowest BCUT2D eigenvalue weighted by Gasteiger charge is -2.32. The zero-order valence-corrected chi connectivity index (χ0v) is 16.4. The molecule has 6 nitrogen and oxygen atoms in total. The second-order valence-electron chi connectivity index (χ2n) is 7.31. The number of rotatable bonds is 3. The number of hydrogen-bond acceptors (Lipinski definition) is 5. The van der Waals surface area contributed by atoms with E-state index in [1.54, 1.807) is 50.5 Å². The van der Waals surface area contributed by atoms with Gasteiger partial charge in [0, 0.05) is 29.1 Å². The average molecular weight is 388 g/mol. The Balaban J connectivity index is 2.03. The Morgan fingerprint density at radius 3 is 2.55 bits per heavy atom. The molecule has 3 rings (SSSR count).